The highest BCUT2D eigenvalue weighted by molar-refractivity contribution is 7.89. The number of hydrogen-bond acceptors (Lipinski definition) is 5. The molecule has 1 aromatic heterocycles. The monoisotopic (exact) mass is 391 g/mol. The zero-order chi connectivity index (χ0) is 19.6. The smallest absolute Gasteiger partial charge is 0.243 e. The van der Waals surface area contributed by atoms with Crippen LogP contribution in [0.15, 0.2) is 41.9 Å². The van der Waals surface area contributed by atoms with Crippen molar-refractivity contribution in [2.45, 2.75) is 4.90 Å². The Bertz CT molecular complexity index is 990. The van der Waals surface area contributed by atoms with Crippen molar-refractivity contribution in [1.82, 2.24) is 24.3 Å². The summed E-state index contributed by atoms with van der Waals surface area (Å²) in [6.07, 6.45) is 2.64. The molecule has 0 saturated carbocycles. The first-order valence-corrected chi connectivity index (χ1v) is 9.87. The second kappa shape index (κ2) is 7.49. The molecule has 0 atom stereocenters. The predicted octanol–water partition coefficient (Wildman–Crippen LogP) is -0.292. The average Bonchev–Trinajstić information content (AvgIpc) is 3.07. The molecule has 0 radical (unpaired) electrons. The molecule has 1 aliphatic rings. The number of amides is 2. The van der Waals surface area contributed by atoms with Crippen LogP contribution < -0.4 is 5.32 Å². The number of piperazine rings is 1. The lowest BCUT2D eigenvalue weighted by atomic mass is 10.2. The van der Waals surface area contributed by atoms with Crippen molar-refractivity contribution < 1.29 is 18.0 Å². The molecule has 0 unspecified atom stereocenters. The molecule has 1 N–H and O–H groups in total. The van der Waals surface area contributed by atoms with Crippen LogP contribution in [0.1, 0.15) is 0 Å². The van der Waals surface area contributed by atoms with Gasteiger partial charge < -0.3 is 10.2 Å². The molecule has 3 rings (SSSR count). The fraction of sp³-hybridized carbons (Fsp3) is 0.353. The van der Waals surface area contributed by atoms with E-state index < -0.39 is 15.9 Å². The second-order valence-corrected chi connectivity index (χ2v) is 8.07. The summed E-state index contributed by atoms with van der Waals surface area (Å²) in [5.41, 5.74) is 0.739. The van der Waals surface area contributed by atoms with Gasteiger partial charge in [-0.3, -0.25) is 14.3 Å². The Morgan fingerprint density at radius 2 is 1.96 bits per heavy atom. The van der Waals surface area contributed by atoms with Crippen LogP contribution in [0.3, 0.4) is 0 Å². The number of hydrogen-bond donors (Lipinski definition) is 1. The van der Waals surface area contributed by atoms with Crippen LogP contribution in [0.2, 0.25) is 0 Å². The van der Waals surface area contributed by atoms with Crippen molar-refractivity contribution in [3.8, 4) is 0 Å². The number of rotatable bonds is 5. The summed E-state index contributed by atoms with van der Waals surface area (Å²) in [7, 11) is -1.94. The Morgan fingerprint density at radius 1 is 1.26 bits per heavy atom. The first kappa shape index (κ1) is 19.1. The average molecular weight is 391 g/mol. The van der Waals surface area contributed by atoms with E-state index in [9.17, 15) is 18.0 Å². The van der Waals surface area contributed by atoms with E-state index >= 15 is 0 Å². The maximum Gasteiger partial charge on any atom is 0.243 e. The van der Waals surface area contributed by atoms with E-state index in [1.807, 2.05) is 6.07 Å². The quantitative estimate of drug-likeness (QED) is 0.705. The number of nitrogens with one attached hydrogen (secondary N) is 1. The lowest BCUT2D eigenvalue weighted by Gasteiger charge is -2.34. The van der Waals surface area contributed by atoms with Crippen LogP contribution in [-0.2, 0) is 26.7 Å². The van der Waals surface area contributed by atoms with Crippen molar-refractivity contribution in [1.29, 1.82) is 0 Å². The molecule has 10 heteroatoms. The number of carbonyl (C=O) groups excluding carboxylic acids is 2. The highest BCUT2D eigenvalue weighted by atomic mass is 32.2. The Labute approximate surface area is 157 Å². The lowest BCUT2D eigenvalue weighted by molar-refractivity contribution is -0.133. The van der Waals surface area contributed by atoms with Gasteiger partial charge in [-0.2, -0.15) is 9.40 Å². The fourth-order valence-corrected chi connectivity index (χ4v) is 4.65. The summed E-state index contributed by atoms with van der Waals surface area (Å²) in [6, 6.07) is 5.08. The van der Waals surface area contributed by atoms with Crippen molar-refractivity contribution in [2.24, 2.45) is 7.05 Å². The molecular weight excluding hydrogens is 370 g/mol. The normalized spacial score (nSPS) is 15.7. The summed E-state index contributed by atoms with van der Waals surface area (Å²) in [4.78, 5) is 25.0. The molecule has 0 spiro atoms. The van der Waals surface area contributed by atoms with E-state index in [4.69, 9.17) is 0 Å². The molecule has 0 bridgehead atoms. The predicted molar refractivity (Wildman–Crippen MR) is 99.3 cm³/mol. The Morgan fingerprint density at radius 3 is 2.63 bits per heavy atom. The summed E-state index contributed by atoms with van der Waals surface area (Å²) in [5.74, 6) is -0.675. The van der Waals surface area contributed by atoms with Crippen molar-refractivity contribution >= 4 is 32.7 Å². The Balaban J connectivity index is 1.70. The van der Waals surface area contributed by atoms with Gasteiger partial charge in [-0.1, -0.05) is 12.6 Å². The number of fused-ring (bicyclic) bond motifs is 1. The van der Waals surface area contributed by atoms with Gasteiger partial charge in [-0.05, 0) is 18.2 Å². The molecule has 0 aliphatic carbocycles. The third-order valence-electron chi connectivity index (χ3n) is 4.56. The van der Waals surface area contributed by atoms with Gasteiger partial charge in [0.25, 0.3) is 0 Å². The van der Waals surface area contributed by atoms with Gasteiger partial charge in [0.1, 0.15) is 0 Å². The molecule has 27 heavy (non-hydrogen) atoms. The third kappa shape index (κ3) is 3.71. The van der Waals surface area contributed by atoms with E-state index in [0.29, 0.717) is 5.39 Å². The maximum absolute atomic E-state index is 13.1. The molecule has 9 nitrogen and oxygen atoms in total. The van der Waals surface area contributed by atoms with Crippen LogP contribution in [0.25, 0.3) is 10.9 Å². The first-order chi connectivity index (χ1) is 12.8. The summed E-state index contributed by atoms with van der Waals surface area (Å²) in [5, 5.41) is 7.14. The zero-order valence-electron chi connectivity index (χ0n) is 15.0. The number of aryl methyl sites for hydroxylation is 1. The van der Waals surface area contributed by atoms with E-state index in [1.54, 1.807) is 35.0 Å². The topological polar surface area (TPSA) is 105 Å². The summed E-state index contributed by atoms with van der Waals surface area (Å²) >= 11 is 0. The summed E-state index contributed by atoms with van der Waals surface area (Å²) in [6.45, 7) is 4.12. The second-order valence-electron chi connectivity index (χ2n) is 6.16. The minimum atomic E-state index is -3.70. The van der Waals surface area contributed by atoms with E-state index in [2.05, 4.69) is 17.0 Å². The first-order valence-electron chi connectivity index (χ1n) is 8.43. The number of aromatic nitrogens is 2. The van der Waals surface area contributed by atoms with Gasteiger partial charge >= 0.3 is 0 Å². The van der Waals surface area contributed by atoms with Crippen LogP contribution in [0.4, 0.5) is 0 Å². The molecule has 1 aromatic carbocycles. The minimum absolute atomic E-state index is 0.132. The van der Waals surface area contributed by atoms with E-state index in [0.717, 1.165) is 11.6 Å². The molecule has 2 amide bonds. The highest BCUT2D eigenvalue weighted by Gasteiger charge is 2.31. The van der Waals surface area contributed by atoms with Crippen LogP contribution in [-0.4, -0.2) is 71.9 Å². The lowest BCUT2D eigenvalue weighted by Crippen LogP contribution is -2.52. The fourth-order valence-electron chi connectivity index (χ4n) is 3.04. The van der Waals surface area contributed by atoms with Crippen molar-refractivity contribution in [2.75, 3.05) is 32.7 Å². The number of sulfonamides is 1. The molecule has 1 aliphatic heterocycles. The van der Waals surface area contributed by atoms with Gasteiger partial charge in [0.15, 0.2) is 0 Å². The summed E-state index contributed by atoms with van der Waals surface area (Å²) < 4.78 is 29.1. The molecule has 1 saturated heterocycles. The van der Waals surface area contributed by atoms with Gasteiger partial charge in [0.2, 0.25) is 21.8 Å². The van der Waals surface area contributed by atoms with E-state index in [-0.39, 0.29) is 43.5 Å². The van der Waals surface area contributed by atoms with Crippen molar-refractivity contribution in [3.05, 3.63) is 37.1 Å². The SMILES string of the molecule is C=CC(=O)NCC(=O)N1CCN(S(=O)(=O)c2cccc3c2cnn3C)CC1. The largest absolute Gasteiger partial charge is 0.343 e. The molecule has 144 valence electrons. The highest BCUT2D eigenvalue weighted by Crippen LogP contribution is 2.26. The maximum atomic E-state index is 13.1. The van der Waals surface area contributed by atoms with Gasteiger partial charge in [-0.25, -0.2) is 8.42 Å². The van der Waals surface area contributed by atoms with Crippen molar-refractivity contribution in [3.63, 3.8) is 0 Å². The molecule has 2 aromatic rings. The third-order valence-corrected chi connectivity index (χ3v) is 6.52. The van der Waals surface area contributed by atoms with Crippen LogP contribution in [0.5, 0.6) is 0 Å². The number of nitrogens with zero attached hydrogens (tertiary/aromatic N) is 4. The van der Waals surface area contributed by atoms with Crippen LogP contribution >= 0.6 is 0 Å². The van der Waals surface area contributed by atoms with E-state index in [1.165, 1.54) is 4.31 Å². The number of carbonyl (C=O) groups is 2. The molecular formula is C17H21N5O4S. The Hall–Kier alpha value is -2.72. The van der Waals surface area contributed by atoms with Gasteiger partial charge in [-0.15, -0.1) is 0 Å². The molecule has 1 fully saturated rings. The van der Waals surface area contributed by atoms with Gasteiger partial charge in [0, 0.05) is 38.6 Å². The van der Waals surface area contributed by atoms with Gasteiger partial charge in [0.05, 0.1) is 23.2 Å². The zero-order valence-corrected chi connectivity index (χ0v) is 15.8. The standard InChI is InChI=1S/C17H21N5O4S/c1-3-16(23)18-12-17(24)21-7-9-22(10-8-21)27(25,26)15-6-4-5-14-13(15)11-19-20(14)2/h3-6,11H,1,7-10,12H2,2H3,(H,18,23). The Kier molecular flexibility index (Phi) is 5.29. The number of benzene rings is 1. The minimum Gasteiger partial charge on any atom is -0.343 e. The van der Waals surface area contributed by atoms with Crippen LogP contribution in [0, 0.1) is 0 Å². The molecule has 2 heterocycles.